The molecule has 1 fully saturated rings. The Morgan fingerprint density at radius 1 is 1.42 bits per heavy atom. The van der Waals surface area contributed by atoms with E-state index in [1.807, 2.05) is 19.1 Å². The van der Waals surface area contributed by atoms with Crippen LogP contribution >= 0.6 is 11.6 Å². The van der Waals surface area contributed by atoms with Gasteiger partial charge in [0.15, 0.2) is 0 Å². The predicted octanol–water partition coefficient (Wildman–Crippen LogP) is 2.22. The van der Waals surface area contributed by atoms with Crippen LogP contribution in [0.1, 0.15) is 39.4 Å². The van der Waals surface area contributed by atoms with Crippen LogP contribution < -0.4 is 5.32 Å². The molecule has 1 amide bonds. The van der Waals surface area contributed by atoms with Gasteiger partial charge in [-0.05, 0) is 43.5 Å². The topological polar surface area (TPSA) is 84.3 Å². The highest BCUT2D eigenvalue weighted by molar-refractivity contribution is 6.32. The smallest absolute Gasteiger partial charge is 0.270 e. The van der Waals surface area contributed by atoms with Crippen molar-refractivity contribution < 1.29 is 14.6 Å². The lowest BCUT2D eigenvalue weighted by Crippen LogP contribution is -2.49. The van der Waals surface area contributed by atoms with Crippen LogP contribution in [0.3, 0.4) is 0 Å². The molecule has 0 bridgehead atoms. The lowest BCUT2D eigenvalue weighted by molar-refractivity contribution is -0.0140. The monoisotopic (exact) mass is 375 g/mol. The number of carbonyl (C=O) groups is 1. The fourth-order valence-electron chi connectivity index (χ4n) is 2.90. The van der Waals surface area contributed by atoms with Gasteiger partial charge in [0.1, 0.15) is 5.69 Å². The fourth-order valence-corrected chi connectivity index (χ4v) is 3.06. The van der Waals surface area contributed by atoms with Crippen LogP contribution in [0.4, 0.5) is 0 Å². The van der Waals surface area contributed by atoms with Crippen molar-refractivity contribution in [2.45, 2.75) is 38.8 Å². The standard InChI is InChI=1S/C19H22ClN3O3/c1-11-3-4-13(9-21-11)7-14-8-15(22-12(2)18(14)20)19(25)23-16-10-26-6-5-17(16)24/h3-4,8-9,16-17,24H,5-7,10H2,1-2H3,(H,23,25)/t16?,17-/m0/s1. The van der Waals surface area contributed by atoms with Gasteiger partial charge in [-0.1, -0.05) is 17.7 Å². The summed E-state index contributed by atoms with van der Waals surface area (Å²) in [5, 5.41) is 13.3. The lowest BCUT2D eigenvalue weighted by Gasteiger charge is -2.28. The number of aliphatic hydroxyl groups excluding tert-OH is 1. The largest absolute Gasteiger partial charge is 0.391 e. The van der Waals surface area contributed by atoms with E-state index >= 15 is 0 Å². The van der Waals surface area contributed by atoms with Crippen molar-refractivity contribution in [1.29, 1.82) is 0 Å². The average Bonchev–Trinajstić information content (AvgIpc) is 2.62. The number of amides is 1. The van der Waals surface area contributed by atoms with Gasteiger partial charge < -0.3 is 15.2 Å². The van der Waals surface area contributed by atoms with Gasteiger partial charge in [0, 0.05) is 24.9 Å². The van der Waals surface area contributed by atoms with Crippen LogP contribution in [0.2, 0.25) is 5.02 Å². The molecule has 6 nitrogen and oxygen atoms in total. The second-order valence-electron chi connectivity index (χ2n) is 6.56. The van der Waals surface area contributed by atoms with Crippen molar-refractivity contribution in [2.75, 3.05) is 13.2 Å². The Kier molecular flexibility index (Phi) is 5.86. The molecule has 0 spiro atoms. The van der Waals surface area contributed by atoms with Gasteiger partial charge in [-0.25, -0.2) is 4.98 Å². The van der Waals surface area contributed by atoms with Crippen molar-refractivity contribution in [3.8, 4) is 0 Å². The van der Waals surface area contributed by atoms with Gasteiger partial charge in [0.2, 0.25) is 0 Å². The Labute approximate surface area is 157 Å². The summed E-state index contributed by atoms with van der Waals surface area (Å²) in [4.78, 5) is 21.2. The number of carbonyl (C=O) groups excluding carboxylic acids is 1. The normalized spacial score (nSPS) is 20.0. The highest BCUT2D eigenvalue weighted by Crippen LogP contribution is 2.23. The zero-order chi connectivity index (χ0) is 18.7. The van der Waals surface area contributed by atoms with E-state index in [0.29, 0.717) is 36.8 Å². The van der Waals surface area contributed by atoms with Crippen LogP contribution in [0.5, 0.6) is 0 Å². The summed E-state index contributed by atoms with van der Waals surface area (Å²) in [6.07, 6.45) is 2.25. The van der Waals surface area contributed by atoms with Gasteiger partial charge in [0.25, 0.3) is 5.91 Å². The zero-order valence-electron chi connectivity index (χ0n) is 14.8. The summed E-state index contributed by atoms with van der Waals surface area (Å²) < 4.78 is 5.32. The molecular formula is C19H22ClN3O3. The van der Waals surface area contributed by atoms with E-state index in [9.17, 15) is 9.90 Å². The molecule has 2 N–H and O–H groups in total. The van der Waals surface area contributed by atoms with E-state index in [4.69, 9.17) is 16.3 Å². The van der Waals surface area contributed by atoms with Crippen LogP contribution in [0.25, 0.3) is 0 Å². The SMILES string of the molecule is Cc1ccc(Cc2cc(C(=O)NC3COCC[C@@H]3O)nc(C)c2Cl)cn1. The Balaban J connectivity index is 1.80. The minimum Gasteiger partial charge on any atom is -0.391 e. The number of hydrogen-bond acceptors (Lipinski definition) is 5. The third-order valence-corrected chi connectivity index (χ3v) is 4.95. The number of aryl methyl sites for hydroxylation is 2. The van der Waals surface area contributed by atoms with Gasteiger partial charge in [-0.2, -0.15) is 0 Å². The van der Waals surface area contributed by atoms with Gasteiger partial charge >= 0.3 is 0 Å². The van der Waals surface area contributed by atoms with Crippen molar-refractivity contribution in [2.24, 2.45) is 0 Å². The van der Waals surface area contributed by atoms with E-state index in [2.05, 4.69) is 15.3 Å². The number of nitrogens with one attached hydrogen (secondary N) is 1. The van der Waals surface area contributed by atoms with E-state index in [1.54, 1.807) is 19.2 Å². The molecule has 26 heavy (non-hydrogen) atoms. The third kappa shape index (κ3) is 4.38. The van der Waals surface area contributed by atoms with Crippen molar-refractivity contribution >= 4 is 17.5 Å². The maximum Gasteiger partial charge on any atom is 0.270 e. The summed E-state index contributed by atoms with van der Waals surface area (Å²) >= 11 is 6.39. The molecular weight excluding hydrogens is 354 g/mol. The summed E-state index contributed by atoms with van der Waals surface area (Å²) in [7, 11) is 0. The van der Waals surface area contributed by atoms with Crippen molar-refractivity contribution in [1.82, 2.24) is 15.3 Å². The first-order valence-electron chi connectivity index (χ1n) is 8.58. The number of pyridine rings is 2. The molecule has 2 aromatic rings. The van der Waals surface area contributed by atoms with Gasteiger partial charge in [-0.15, -0.1) is 0 Å². The molecule has 1 aliphatic heterocycles. The first kappa shape index (κ1) is 18.8. The highest BCUT2D eigenvalue weighted by atomic mass is 35.5. The number of rotatable bonds is 4. The van der Waals surface area contributed by atoms with E-state index in [-0.39, 0.29) is 11.6 Å². The van der Waals surface area contributed by atoms with Crippen LogP contribution in [0.15, 0.2) is 24.4 Å². The first-order valence-corrected chi connectivity index (χ1v) is 8.96. The predicted molar refractivity (Wildman–Crippen MR) is 98.5 cm³/mol. The van der Waals surface area contributed by atoms with E-state index < -0.39 is 12.1 Å². The second kappa shape index (κ2) is 8.12. The summed E-state index contributed by atoms with van der Waals surface area (Å²) in [5.74, 6) is -0.345. The number of aromatic nitrogens is 2. The summed E-state index contributed by atoms with van der Waals surface area (Å²) in [6.45, 7) is 4.50. The molecule has 1 saturated heterocycles. The maximum atomic E-state index is 12.6. The van der Waals surface area contributed by atoms with Crippen LogP contribution in [0, 0.1) is 13.8 Å². The average molecular weight is 376 g/mol. The number of ether oxygens (including phenoxy) is 1. The Morgan fingerprint density at radius 3 is 2.92 bits per heavy atom. The van der Waals surface area contributed by atoms with Gasteiger partial charge in [0.05, 0.1) is 29.5 Å². The summed E-state index contributed by atoms with van der Waals surface area (Å²) in [6, 6.07) is 5.19. The molecule has 3 rings (SSSR count). The molecule has 1 aliphatic rings. The molecule has 2 aromatic heterocycles. The van der Waals surface area contributed by atoms with Gasteiger partial charge in [-0.3, -0.25) is 9.78 Å². The first-order chi connectivity index (χ1) is 12.4. The molecule has 3 heterocycles. The highest BCUT2D eigenvalue weighted by Gasteiger charge is 2.26. The van der Waals surface area contributed by atoms with Crippen LogP contribution in [-0.4, -0.2) is 46.3 Å². The zero-order valence-corrected chi connectivity index (χ0v) is 15.6. The molecule has 0 saturated carbocycles. The Hall–Kier alpha value is -2.02. The maximum absolute atomic E-state index is 12.6. The molecule has 1 unspecified atom stereocenters. The lowest BCUT2D eigenvalue weighted by atomic mass is 10.0. The number of nitrogens with zero attached hydrogens (tertiary/aromatic N) is 2. The fraction of sp³-hybridized carbons (Fsp3) is 0.421. The second-order valence-corrected chi connectivity index (χ2v) is 6.94. The third-order valence-electron chi connectivity index (χ3n) is 4.43. The molecule has 0 aliphatic carbocycles. The minimum atomic E-state index is -0.612. The molecule has 138 valence electrons. The molecule has 0 aromatic carbocycles. The number of halogens is 1. The van der Waals surface area contributed by atoms with Crippen LogP contribution in [-0.2, 0) is 11.2 Å². The number of aliphatic hydroxyl groups is 1. The molecule has 7 heteroatoms. The van der Waals surface area contributed by atoms with Crippen molar-refractivity contribution in [3.05, 3.63) is 57.6 Å². The molecule has 2 atom stereocenters. The van der Waals surface area contributed by atoms with E-state index in [0.717, 1.165) is 16.8 Å². The Morgan fingerprint density at radius 2 is 2.23 bits per heavy atom. The minimum absolute atomic E-state index is 0.278. The Bertz CT molecular complexity index is 795. The number of hydrogen-bond donors (Lipinski definition) is 2. The summed E-state index contributed by atoms with van der Waals surface area (Å²) in [5.41, 5.74) is 3.63. The quantitative estimate of drug-likeness (QED) is 0.856. The van der Waals surface area contributed by atoms with E-state index in [1.165, 1.54) is 0 Å². The van der Waals surface area contributed by atoms with Crippen molar-refractivity contribution in [3.63, 3.8) is 0 Å². The molecule has 0 radical (unpaired) electrons.